The molecule has 1 saturated carbocycles. The van der Waals surface area contributed by atoms with E-state index >= 15 is 0 Å². The number of para-hydroxylation sites is 2. The summed E-state index contributed by atoms with van der Waals surface area (Å²) in [6.07, 6.45) is 1.46. The molecule has 172 valence electrons. The fraction of sp³-hybridized carbons (Fsp3) is 0.250. The van der Waals surface area contributed by atoms with Gasteiger partial charge in [0.15, 0.2) is 24.4 Å². The molecule has 0 radical (unpaired) electrons. The van der Waals surface area contributed by atoms with E-state index in [1.165, 1.54) is 5.71 Å². The molecule has 0 amide bonds. The van der Waals surface area contributed by atoms with Crippen molar-refractivity contribution in [2.24, 2.45) is 5.92 Å². The maximum atomic E-state index is 13.4. The highest BCUT2D eigenvalue weighted by Gasteiger charge is 2.47. The lowest BCUT2D eigenvalue weighted by Crippen LogP contribution is -2.53. The van der Waals surface area contributed by atoms with Crippen LogP contribution in [0.2, 0.25) is 0 Å². The van der Waals surface area contributed by atoms with Crippen LogP contribution in [0.5, 0.6) is 0 Å². The summed E-state index contributed by atoms with van der Waals surface area (Å²) in [4.78, 5) is 26.2. The van der Waals surface area contributed by atoms with Crippen molar-refractivity contribution in [2.45, 2.75) is 25.0 Å². The Morgan fingerprint density at radius 3 is 2.29 bits per heavy atom. The minimum absolute atomic E-state index is 0.0195. The molecular weight excluding hydrogens is 426 g/mol. The van der Waals surface area contributed by atoms with Crippen molar-refractivity contribution in [2.75, 3.05) is 24.1 Å². The van der Waals surface area contributed by atoms with Gasteiger partial charge < -0.3 is 15.8 Å². The van der Waals surface area contributed by atoms with Gasteiger partial charge in [-0.25, -0.2) is 9.37 Å². The zero-order valence-electron chi connectivity index (χ0n) is 18.9. The summed E-state index contributed by atoms with van der Waals surface area (Å²) in [5.41, 5.74) is 9.97. The van der Waals surface area contributed by atoms with Crippen LogP contribution >= 0.6 is 0 Å². The zero-order valence-corrected chi connectivity index (χ0v) is 18.9. The largest absolute Gasteiger partial charge is 0.454 e. The van der Waals surface area contributed by atoms with Crippen LogP contribution in [0.25, 0.3) is 0 Å². The molecule has 2 heterocycles. The molecule has 1 fully saturated rings. The maximum Gasteiger partial charge on any atom is 0.333 e. The van der Waals surface area contributed by atoms with Gasteiger partial charge in [-0.05, 0) is 29.8 Å². The van der Waals surface area contributed by atoms with Crippen molar-refractivity contribution in [1.82, 2.24) is 0 Å². The van der Waals surface area contributed by atoms with Gasteiger partial charge in [0, 0.05) is 35.7 Å². The molecule has 6 nitrogen and oxygen atoms in total. The number of esters is 1. The number of carbonyl (C=O) groups is 2. The van der Waals surface area contributed by atoms with Gasteiger partial charge in [-0.15, -0.1) is 0 Å². The normalized spacial score (nSPS) is 19.6. The molecule has 3 aliphatic rings. The summed E-state index contributed by atoms with van der Waals surface area (Å²) in [6, 6.07) is 25.8. The van der Waals surface area contributed by atoms with Crippen LogP contribution in [0, 0.1) is 5.92 Å². The van der Waals surface area contributed by atoms with E-state index in [2.05, 4.69) is 9.89 Å². The van der Waals surface area contributed by atoms with E-state index in [9.17, 15) is 9.59 Å². The Bertz CT molecular complexity index is 1220. The second-order valence-corrected chi connectivity index (χ2v) is 8.95. The van der Waals surface area contributed by atoms with Crippen LogP contribution in [0.15, 0.2) is 84.9 Å². The number of nitrogen functional groups attached to an aromatic ring is 1. The Labute approximate surface area is 199 Å². The van der Waals surface area contributed by atoms with Gasteiger partial charge >= 0.3 is 5.97 Å². The number of anilines is 2. The number of nitrogens with two attached hydrogens (primary N) is 1. The molecule has 3 aromatic rings. The number of nitrogens with zero attached hydrogens (tertiary/aromatic N) is 1. The molecule has 2 atom stereocenters. The zero-order chi connectivity index (χ0) is 23.5. The third kappa shape index (κ3) is 4.57. The Morgan fingerprint density at radius 1 is 0.941 bits per heavy atom. The fourth-order valence-corrected chi connectivity index (χ4v) is 4.72. The SMILES string of the molecule is Nc1ccccc1C(=O)C[N+]1=C2CC(C2)[C@@H](OC(=O)C(Nc2ccccc2)c2ccccc2)C1. The van der Waals surface area contributed by atoms with Crippen molar-refractivity contribution >= 4 is 28.8 Å². The van der Waals surface area contributed by atoms with E-state index in [1.807, 2.05) is 72.8 Å². The number of rotatable bonds is 8. The van der Waals surface area contributed by atoms with Crippen LogP contribution in [0.1, 0.15) is 34.8 Å². The van der Waals surface area contributed by atoms with Crippen LogP contribution in [0.3, 0.4) is 0 Å². The topological polar surface area (TPSA) is 84.4 Å². The standard InChI is InChI=1S/C28H27N3O3/c29-24-14-8-7-13-23(24)25(32)17-31-18-26(20-15-22(31)16-20)34-28(33)27(19-9-3-1-4-10-19)30-21-11-5-2-6-12-21/h1-14,20,26-27,30H,15-18H2,(H-,29,32)/p+1/t26-,27?/m0/s1. The molecule has 6 rings (SSSR count). The highest BCUT2D eigenvalue weighted by atomic mass is 16.5. The fourth-order valence-electron chi connectivity index (χ4n) is 4.72. The van der Waals surface area contributed by atoms with Gasteiger partial charge in [0.2, 0.25) is 12.3 Å². The number of Topliss-reactive ketones (excluding diaryl/α,β-unsaturated/α-hetero) is 1. The minimum Gasteiger partial charge on any atom is -0.454 e. The van der Waals surface area contributed by atoms with E-state index in [1.54, 1.807) is 12.1 Å². The Balaban J connectivity index is 1.29. The Kier molecular flexibility index (Phi) is 6.12. The molecule has 3 aromatic carbocycles. The quantitative estimate of drug-likeness (QED) is 0.232. The van der Waals surface area contributed by atoms with Gasteiger partial charge in [0.1, 0.15) is 0 Å². The number of hydrogen-bond donors (Lipinski definition) is 2. The van der Waals surface area contributed by atoms with E-state index in [-0.39, 0.29) is 24.4 Å². The van der Waals surface area contributed by atoms with Crippen LogP contribution < -0.4 is 11.1 Å². The average Bonchev–Trinajstić information content (AvgIpc) is 2.83. The third-order valence-electron chi connectivity index (χ3n) is 6.69. The number of ether oxygens (including phenoxy) is 1. The Hall–Kier alpha value is -3.93. The van der Waals surface area contributed by atoms with Crippen molar-refractivity contribution in [3.63, 3.8) is 0 Å². The van der Waals surface area contributed by atoms with Gasteiger partial charge in [0.25, 0.3) is 0 Å². The first-order valence-corrected chi connectivity index (χ1v) is 11.6. The van der Waals surface area contributed by atoms with Crippen LogP contribution in [-0.4, -0.2) is 41.2 Å². The number of benzene rings is 3. The van der Waals surface area contributed by atoms with Crippen molar-refractivity contribution < 1.29 is 18.9 Å². The molecule has 0 aromatic heterocycles. The number of nitrogens with one attached hydrogen (secondary N) is 1. The summed E-state index contributed by atoms with van der Waals surface area (Å²) < 4.78 is 8.14. The summed E-state index contributed by atoms with van der Waals surface area (Å²) in [5.74, 6) is -0.0249. The number of fused-ring (bicyclic) bond motifs is 2. The van der Waals surface area contributed by atoms with Gasteiger partial charge in [-0.2, -0.15) is 0 Å². The lowest BCUT2D eigenvalue weighted by Gasteiger charge is -2.38. The second kappa shape index (κ2) is 9.51. The van der Waals surface area contributed by atoms with Crippen molar-refractivity contribution in [3.8, 4) is 0 Å². The highest BCUT2D eigenvalue weighted by molar-refractivity contribution is 6.02. The van der Waals surface area contributed by atoms with E-state index < -0.39 is 6.04 Å². The first kappa shape index (κ1) is 21.9. The molecule has 1 unspecified atom stereocenters. The van der Waals surface area contributed by atoms with Crippen molar-refractivity contribution in [1.29, 1.82) is 0 Å². The molecule has 34 heavy (non-hydrogen) atoms. The predicted molar refractivity (Wildman–Crippen MR) is 132 cm³/mol. The number of ketones is 1. The summed E-state index contributed by atoms with van der Waals surface area (Å²) in [5, 5.41) is 3.32. The van der Waals surface area contributed by atoms with E-state index in [4.69, 9.17) is 10.5 Å². The predicted octanol–water partition coefficient (Wildman–Crippen LogP) is 4.09. The molecule has 1 aliphatic carbocycles. The molecular formula is C28H28N3O3+. The lowest BCUT2D eigenvalue weighted by molar-refractivity contribution is -0.540. The average molecular weight is 455 g/mol. The van der Waals surface area contributed by atoms with Crippen molar-refractivity contribution in [3.05, 3.63) is 96.1 Å². The van der Waals surface area contributed by atoms with E-state index in [0.717, 1.165) is 24.1 Å². The summed E-state index contributed by atoms with van der Waals surface area (Å²) >= 11 is 0. The molecule has 2 aliphatic heterocycles. The minimum atomic E-state index is -0.617. The number of carbonyl (C=O) groups excluding carboxylic acids is 2. The Morgan fingerprint density at radius 2 is 1.59 bits per heavy atom. The van der Waals surface area contributed by atoms with Gasteiger partial charge in [-0.1, -0.05) is 60.7 Å². The van der Waals surface area contributed by atoms with Gasteiger partial charge in [-0.3, -0.25) is 4.79 Å². The first-order chi connectivity index (χ1) is 16.6. The lowest BCUT2D eigenvalue weighted by atomic mass is 9.75. The second-order valence-electron chi connectivity index (χ2n) is 8.95. The van der Waals surface area contributed by atoms with Crippen LogP contribution in [0.4, 0.5) is 11.4 Å². The molecule has 2 bridgehead atoms. The third-order valence-corrected chi connectivity index (χ3v) is 6.69. The molecule has 6 heteroatoms. The smallest absolute Gasteiger partial charge is 0.333 e. The molecule has 0 saturated heterocycles. The van der Waals surface area contributed by atoms with Gasteiger partial charge in [0.05, 0.1) is 0 Å². The molecule has 0 spiro atoms. The number of hydrogen-bond acceptors (Lipinski definition) is 5. The molecule has 3 N–H and O–H groups in total. The highest BCUT2D eigenvalue weighted by Crippen LogP contribution is 2.35. The van der Waals surface area contributed by atoms with Crippen LogP contribution in [-0.2, 0) is 9.53 Å². The van der Waals surface area contributed by atoms with E-state index in [0.29, 0.717) is 23.7 Å². The first-order valence-electron chi connectivity index (χ1n) is 11.6. The summed E-state index contributed by atoms with van der Waals surface area (Å²) in [6.45, 7) is 0.770. The maximum absolute atomic E-state index is 13.4. The summed E-state index contributed by atoms with van der Waals surface area (Å²) in [7, 11) is 0. The monoisotopic (exact) mass is 454 g/mol.